The summed E-state index contributed by atoms with van der Waals surface area (Å²) in [5, 5.41) is 3.24. The Labute approximate surface area is 103 Å². The highest BCUT2D eigenvalue weighted by Crippen LogP contribution is 2.13. The van der Waals surface area contributed by atoms with E-state index < -0.39 is 5.60 Å². The van der Waals surface area contributed by atoms with Crippen molar-refractivity contribution in [2.75, 3.05) is 26.7 Å². The fourth-order valence-electron chi connectivity index (χ4n) is 1.60. The smallest absolute Gasteiger partial charge is 0.410 e. The first-order chi connectivity index (χ1) is 7.83. The monoisotopic (exact) mass is 242 g/mol. The zero-order valence-corrected chi connectivity index (χ0v) is 11.1. The van der Waals surface area contributed by atoms with E-state index in [-0.39, 0.29) is 12.1 Å². The normalized spacial score (nSPS) is 20.9. The molecule has 0 aromatic carbocycles. The first-order valence-corrected chi connectivity index (χ1v) is 5.77. The van der Waals surface area contributed by atoms with E-state index in [4.69, 9.17) is 9.47 Å². The fourth-order valence-corrected chi connectivity index (χ4v) is 1.60. The largest absolute Gasteiger partial charge is 0.500 e. The summed E-state index contributed by atoms with van der Waals surface area (Å²) in [6, 6.07) is -0.0266. The minimum absolute atomic E-state index is 0.0266. The van der Waals surface area contributed by atoms with Crippen molar-refractivity contribution in [2.24, 2.45) is 0 Å². The number of carbonyl (C=O) groups is 1. The van der Waals surface area contributed by atoms with Crippen LogP contribution in [0, 0.1) is 0 Å². The Bertz CT molecular complexity index is 297. The Hall–Kier alpha value is -1.23. The molecule has 0 spiro atoms. The van der Waals surface area contributed by atoms with Crippen molar-refractivity contribution in [2.45, 2.75) is 32.4 Å². The molecule has 0 saturated carbocycles. The molecule has 1 saturated heterocycles. The van der Waals surface area contributed by atoms with Crippen LogP contribution < -0.4 is 5.32 Å². The molecule has 1 aliphatic rings. The number of rotatable bonds is 2. The van der Waals surface area contributed by atoms with Crippen LogP contribution in [-0.4, -0.2) is 49.4 Å². The third kappa shape index (κ3) is 4.26. The van der Waals surface area contributed by atoms with Gasteiger partial charge in [-0.1, -0.05) is 6.58 Å². The van der Waals surface area contributed by atoms with Crippen LogP contribution >= 0.6 is 0 Å². The summed E-state index contributed by atoms with van der Waals surface area (Å²) in [6.45, 7) is 11.3. The summed E-state index contributed by atoms with van der Waals surface area (Å²) in [5.74, 6) is 0.637. The Morgan fingerprint density at radius 2 is 2.12 bits per heavy atom. The maximum atomic E-state index is 11.9. The van der Waals surface area contributed by atoms with E-state index >= 15 is 0 Å². The summed E-state index contributed by atoms with van der Waals surface area (Å²) in [4.78, 5) is 13.6. The Kier molecular flexibility index (Phi) is 4.40. The molecule has 1 unspecified atom stereocenters. The quantitative estimate of drug-likeness (QED) is 0.743. The van der Waals surface area contributed by atoms with Crippen LogP contribution in [0.15, 0.2) is 12.3 Å². The maximum Gasteiger partial charge on any atom is 0.410 e. The molecule has 1 atom stereocenters. The molecule has 98 valence electrons. The van der Waals surface area contributed by atoms with Crippen LogP contribution in [0.4, 0.5) is 4.79 Å². The molecule has 0 aromatic rings. The van der Waals surface area contributed by atoms with Crippen molar-refractivity contribution in [3.05, 3.63) is 12.3 Å². The zero-order valence-electron chi connectivity index (χ0n) is 11.1. The van der Waals surface area contributed by atoms with Crippen molar-refractivity contribution in [3.8, 4) is 0 Å². The number of nitrogens with one attached hydrogen (secondary N) is 1. The van der Waals surface area contributed by atoms with Gasteiger partial charge in [-0.25, -0.2) is 4.79 Å². The standard InChI is InChI=1S/C12H22N2O3/c1-9(16-5)10-8-14(7-6-13-10)11(15)17-12(2,3)4/h10,13H,1,6-8H2,2-5H3. The highest BCUT2D eigenvalue weighted by molar-refractivity contribution is 5.68. The molecule has 5 nitrogen and oxygen atoms in total. The Balaban J connectivity index is 2.55. The number of nitrogens with zero attached hydrogens (tertiary/aromatic N) is 1. The molecular weight excluding hydrogens is 220 g/mol. The maximum absolute atomic E-state index is 11.9. The summed E-state index contributed by atoms with van der Waals surface area (Å²) in [5.41, 5.74) is -0.463. The second-order valence-electron chi connectivity index (χ2n) is 5.10. The molecule has 1 aliphatic heterocycles. The van der Waals surface area contributed by atoms with E-state index in [1.54, 1.807) is 12.0 Å². The Morgan fingerprint density at radius 3 is 2.65 bits per heavy atom. The van der Waals surface area contributed by atoms with Gasteiger partial charge in [-0.05, 0) is 20.8 Å². The van der Waals surface area contributed by atoms with E-state index in [9.17, 15) is 4.79 Å². The van der Waals surface area contributed by atoms with Crippen molar-refractivity contribution >= 4 is 6.09 Å². The average Bonchev–Trinajstić information content (AvgIpc) is 2.26. The third-order valence-electron chi connectivity index (χ3n) is 2.48. The summed E-state index contributed by atoms with van der Waals surface area (Å²) < 4.78 is 10.4. The van der Waals surface area contributed by atoms with Crippen molar-refractivity contribution in [1.82, 2.24) is 10.2 Å². The van der Waals surface area contributed by atoms with Gasteiger partial charge in [-0.3, -0.25) is 0 Å². The van der Waals surface area contributed by atoms with Crippen molar-refractivity contribution in [3.63, 3.8) is 0 Å². The fraction of sp³-hybridized carbons (Fsp3) is 0.750. The summed E-state index contributed by atoms with van der Waals surface area (Å²) in [7, 11) is 1.58. The van der Waals surface area contributed by atoms with Crippen molar-refractivity contribution < 1.29 is 14.3 Å². The lowest BCUT2D eigenvalue weighted by Crippen LogP contribution is -2.54. The molecular formula is C12H22N2O3. The lowest BCUT2D eigenvalue weighted by atomic mass is 10.2. The predicted octanol–water partition coefficient (Wildman–Crippen LogP) is 1.36. The van der Waals surface area contributed by atoms with Crippen LogP contribution in [0.2, 0.25) is 0 Å². The highest BCUT2D eigenvalue weighted by Gasteiger charge is 2.28. The van der Waals surface area contributed by atoms with E-state index in [1.807, 2.05) is 20.8 Å². The molecule has 0 aliphatic carbocycles. The molecule has 1 N–H and O–H groups in total. The third-order valence-corrected chi connectivity index (χ3v) is 2.48. The van der Waals surface area contributed by atoms with Gasteiger partial charge in [-0.2, -0.15) is 0 Å². The second kappa shape index (κ2) is 5.40. The number of hydrogen-bond acceptors (Lipinski definition) is 4. The minimum Gasteiger partial charge on any atom is -0.500 e. The molecule has 17 heavy (non-hydrogen) atoms. The number of amides is 1. The van der Waals surface area contributed by atoms with E-state index in [0.717, 1.165) is 0 Å². The van der Waals surface area contributed by atoms with E-state index in [0.29, 0.717) is 25.4 Å². The van der Waals surface area contributed by atoms with Crippen LogP contribution in [-0.2, 0) is 9.47 Å². The first kappa shape index (κ1) is 13.8. The highest BCUT2D eigenvalue weighted by atomic mass is 16.6. The van der Waals surface area contributed by atoms with Crippen LogP contribution in [0.1, 0.15) is 20.8 Å². The van der Waals surface area contributed by atoms with Crippen LogP contribution in [0.5, 0.6) is 0 Å². The van der Waals surface area contributed by atoms with E-state index in [1.165, 1.54) is 0 Å². The van der Waals surface area contributed by atoms with Crippen LogP contribution in [0.3, 0.4) is 0 Å². The van der Waals surface area contributed by atoms with E-state index in [2.05, 4.69) is 11.9 Å². The Morgan fingerprint density at radius 1 is 1.47 bits per heavy atom. The van der Waals surface area contributed by atoms with Gasteiger partial charge in [0.2, 0.25) is 0 Å². The zero-order chi connectivity index (χ0) is 13.1. The number of methoxy groups -OCH3 is 1. The van der Waals surface area contributed by atoms with Gasteiger partial charge in [0.25, 0.3) is 0 Å². The van der Waals surface area contributed by atoms with Gasteiger partial charge in [0.05, 0.1) is 13.2 Å². The summed E-state index contributed by atoms with van der Waals surface area (Å²) in [6.07, 6.45) is -0.284. The molecule has 1 rings (SSSR count). The van der Waals surface area contributed by atoms with Gasteiger partial charge >= 0.3 is 6.09 Å². The lowest BCUT2D eigenvalue weighted by Gasteiger charge is -2.35. The lowest BCUT2D eigenvalue weighted by molar-refractivity contribution is 0.0191. The second-order valence-corrected chi connectivity index (χ2v) is 5.10. The van der Waals surface area contributed by atoms with Gasteiger partial charge in [0.15, 0.2) is 0 Å². The number of hydrogen-bond donors (Lipinski definition) is 1. The molecule has 1 heterocycles. The number of piperazine rings is 1. The molecule has 0 radical (unpaired) electrons. The SMILES string of the molecule is C=C(OC)C1CN(C(=O)OC(C)(C)C)CCN1. The topological polar surface area (TPSA) is 50.8 Å². The molecule has 1 amide bonds. The first-order valence-electron chi connectivity index (χ1n) is 5.77. The summed E-state index contributed by atoms with van der Waals surface area (Å²) >= 11 is 0. The average molecular weight is 242 g/mol. The molecule has 5 heteroatoms. The van der Waals surface area contributed by atoms with Crippen LogP contribution in [0.25, 0.3) is 0 Å². The van der Waals surface area contributed by atoms with Gasteiger partial charge in [-0.15, -0.1) is 0 Å². The number of carbonyl (C=O) groups excluding carboxylic acids is 1. The molecule has 0 bridgehead atoms. The van der Waals surface area contributed by atoms with Gasteiger partial charge in [0, 0.05) is 19.6 Å². The minimum atomic E-state index is -0.463. The molecule has 1 fully saturated rings. The van der Waals surface area contributed by atoms with Crippen molar-refractivity contribution in [1.29, 1.82) is 0 Å². The van der Waals surface area contributed by atoms with Gasteiger partial charge in [0.1, 0.15) is 11.4 Å². The molecule has 0 aromatic heterocycles. The predicted molar refractivity (Wildman–Crippen MR) is 65.7 cm³/mol. The number of ether oxygens (including phenoxy) is 2. The van der Waals surface area contributed by atoms with Gasteiger partial charge < -0.3 is 19.7 Å².